The van der Waals surface area contributed by atoms with Gasteiger partial charge in [0.2, 0.25) is 0 Å². The molecule has 4 atom stereocenters. The van der Waals surface area contributed by atoms with E-state index in [9.17, 15) is 19.2 Å². The second-order valence-corrected chi connectivity index (χ2v) is 5.56. The van der Waals surface area contributed by atoms with E-state index >= 15 is 0 Å². The summed E-state index contributed by atoms with van der Waals surface area (Å²) in [5.74, 6) is -1.91. The molecule has 1 aliphatic rings. The first-order valence-electron chi connectivity index (χ1n) is 7.67. The molecule has 11 heteroatoms. The summed E-state index contributed by atoms with van der Waals surface area (Å²) < 4.78 is 22.1. The van der Waals surface area contributed by atoms with E-state index in [0.717, 1.165) is 18.4 Å². The molecule has 142 valence electrons. The smallest absolute Gasteiger partial charge is 0.351 e. The van der Waals surface area contributed by atoms with Gasteiger partial charge in [-0.3, -0.25) is 19.0 Å². The Balaban J connectivity index is 2.40. The number of nitrogens with zero attached hydrogens (tertiary/aromatic N) is 2. The van der Waals surface area contributed by atoms with E-state index in [4.69, 9.17) is 24.7 Å². The Morgan fingerprint density at radius 2 is 1.77 bits per heavy atom. The molecule has 11 nitrogen and oxygen atoms in total. The molecule has 1 aromatic heterocycles. The van der Waals surface area contributed by atoms with Gasteiger partial charge >= 0.3 is 23.6 Å². The molecule has 1 fully saturated rings. The quantitative estimate of drug-likeness (QED) is 0.394. The lowest BCUT2D eigenvalue weighted by atomic mass is 10.1. The first-order chi connectivity index (χ1) is 12.2. The minimum atomic E-state index is -1.15. The summed E-state index contributed by atoms with van der Waals surface area (Å²) in [5.41, 5.74) is 4.72. The maximum Gasteiger partial charge on any atom is 0.351 e. The van der Waals surface area contributed by atoms with Crippen LogP contribution in [0.15, 0.2) is 17.1 Å². The van der Waals surface area contributed by atoms with Crippen LogP contribution in [0.2, 0.25) is 0 Å². The van der Waals surface area contributed by atoms with Crippen LogP contribution in [0.25, 0.3) is 0 Å². The molecular formula is C15H19N3O8. The number of nitrogen functional groups attached to an aromatic ring is 1. The highest BCUT2D eigenvalue weighted by Gasteiger charge is 2.50. The molecule has 0 amide bonds. The summed E-state index contributed by atoms with van der Waals surface area (Å²) in [6.45, 7) is 3.26. The van der Waals surface area contributed by atoms with Crippen LogP contribution in [-0.4, -0.2) is 52.4 Å². The monoisotopic (exact) mass is 371 g/mol. The van der Waals surface area contributed by atoms with E-state index in [2.05, 4.69) is 4.98 Å². The largest absolute Gasteiger partial charge is 0.463 e. The highest BCUT2D eigenvalue weighted by Crippen LogP contribution is 2.33. The Bertz CT molecular complexity index is 762. The molecule has 2 N–H and O–H groups in total. The molecule has 26 heavy (non-hydrogen) atoms. The van der Waals surface area contributed by atoms with Crippen LogP contribution in [0.1, 0.15) is 27.0 Å². The summed E-state index contributed by atoms with van der Waals surface area (Å²) in [6.07, 6.45) is -3.04. The molecule has 1 aromatic rings. The Kier molecular flexibility index (Phi) is 5.93. The summed E-state index contributed by atoms with van der Waals surface area (Å²) >= 11 is 0. The molecular weight excluding hydrogens is 352 g/mol. The topological polar surface area (TPSA) is 149 Å². The highest BCUT2D eigenvalue weighted by molar-refractivity contribution is 5.68. The second-order valence-electron chi connectivity index (χ2n) is 5.56. The van der Waals surface area contributed by atoms with E-state index in [-0.39, 0.29) is 12.4 Å². The Hall–Kier alpha value is -2.95. The third-order valence-electron chi connectivity index (χ3n) is 3.47. The van der Waals surface area contributed by atoms with E-state index in [0.29, 0.717) is 0 Å². The number of hydrogen-bond donors (Lipinski definition) is 1. The molecule has 2 heterocycles. The van der Waals surface area contributed by atoms with E-state index in [1.54, 1.807) is 0 Å². The van der Waals surface area contributed by atoms with Crippen LogP contribution in [0.5, 0.6) is 0 Å². The zero-order chi connectivity index (χ0) is 19.4. The van der Waals surface area contributed by atoms with E-state index in [1.807, 2.05) is 0 Å². The van der Waals surface area contributed by atoms with Crippen molar-refractivity contribution in [3.8, 4) is 0 Å². The minimum Gasteiger partial charge on any atom is -0.463 e. The van der Waals surface area contributed by atoms with Crippen molar-refractivity contribution in [2.24, 2.45) is 0 Å². The lowest BCUT2D eigenvalue weighted by Gasteiger charge is -2.23. The van der Waals surface area contributed by atoms with Gasteiger partial charge in [0, 0.05) is 27.0 Å². The zero-order valence-corrected chi connectivity index (χ0v) is 14.4. The first-order valence-corrected chi connectivity index (χ1v) is 7.67. The fourth-order valence-corrected chi connectivity index (χ4v) is 2.54. The van der Waals surface area contributed by atoms with Gasteiger partial charge < -0.3 is 24.7 Å². The number of nitrogens with two attached hydrogens (primary N) is 1. The Labute approximate surface area is 148 Å². The number of aromatic nitrogens is 2. The molecule has 0 radical (unpaired) electrons. The predicted octanol–water partition coefficient (Wildman–Crippen LogP) is -0.851. The van der Waals surface area contributed by atoms with Crippen molar-refractivity contribution < 1.29 is 33.3 Å². The van der Waals surface area contributed by atoms with Crippen molar-refractivity contribution in [3.63, 3.8) is 0 Å². The molecule has 0 bridgehead atoms. The normalized spacial score (nSPS) is 24.7. The molecule has 0 aliphatic carbocycles. The van der Waals surface area contributed by atoms with Crippen LogP contribution in [-0.2, 0) is 33.3 Å². The predicted molar refractivity (Wildman–Crippen MR) is 84.6 cm³/mol. The average Bonchev–Trinajstić information content (AvgIpc) is 2.82. The van der Waals surface area contributed by atoms with Crippen molar-refractivity contribution in [2.45, 2.75) is 45.3 Å². The molecule has 2 rings (SSSR count). The van der Waals surface area contributed by atoms with Crippen molar-refractivity contribution in [1.29, 1.82) is 0 Å². The number of ether oxygens (including phenoxy) is 4. The molecule has 0 aromatic carbocycles. The maximum atomic E-state index is 12.1. The summed E-state index contributed by atoms with van der Waals surface area (Å²) in [5, 5.41) is 0. The third kappa shape index (κ3) is 4.57. The van der Waals surface area contributed by atoms with Crippen molar-refractivity contribution >= 4 is 23.7 Å². The van der Waals surface area contributed by atoms with Gasteiger partial charge in [0.15, 0.2) is 18.4 Å². The molecule has 0 unspecified atom stereocenters. The van der Waals surface area contributed by atoms with Crippen LogP contribution in [0.4, 0.5) is 5.82 Å². The number of esters is 3. The maximum absolute atomic E-state index is 12.1. The fraction of sp³-hybridized carbons (Fsp3) is 0.533. The zero-order valence-electron chi connectivity index (χ0n) is 14.4. The van der Waals surface area contributed by atoms with Gasteiger partial charge in [0.05, 0.1) is 0 Å². The third-order valence-corrected chi connectivity index (χ3v) is 3.47. The van der Waals surface area contributed by atoms with Crippen LogP contribution in [0.3, 0.4) is 0 Å². The molecule has 0 spiro atoms. The number of carbonyl (C=O) groups is 3. The lowest BCUT2D eigenvalue weighted by Crippen LogP contribution is -2.41. The van der Waals surface area contributed by atoms with E-state index in [1.165, 1.54) is 19.2 Å². The molecule has 0 saturated carbocycles. The van der Waals surface area contributed by atoms with Gasteiger partial charge in [0.25, 0.3) is 0 Å². The summed E-state index contributed by atoms with van der Waals surface area (Å²) in [7, 11) is 0. The minimum absolute atomic E-state index is 0.00119. The van der Waals surface area contributed by atoms with Crippen molar-refractivity contribution in [1.82, 2.24) is 9.55 Å². The Morgan fingerprint density at radius 3 is 2.31 bits per heavy atom. The van der Waals surface area contributed by atoms with Gasteiger partial charge in [-0.05, 0) is 6.07 Å². The van der Waals surface area contributed by atoms with Gasteiger partial charge in [0.1, 0.15) is 18.5 Å². The summed E-state index contributed by atoms with van der Waals surface area (Å²) in [4.78, 5) is 49.7. The SMILES string of the molecule is CC(=O)OC[C@H]1O[C@@H](n2ccc([15NH2])[15n]c2=O)[C@H](OC(C)=O)[C@@H]1OC(C)=O. The van der Waals surface area contributed by atoms with Crippen LogP contribution < -0.4 is 11.4 Å². The first kappa shape index (κ1) is 19.4. The molecule has 1 aliphatic heterocycles. The van der Waals surface area contributed by atoms with Crippen molar-refractivity contribution in [2.75, 3.05) is 12.3 Å². The van der Waals surface area contributed by atoms with Crippen LogP contribution in [0, 0.1) is 0 Å². The van der Waals surface area contributed by atoms with Crippen LogP contribution >= 0.6 is 0 Å². The number of carbonyl (C=O) groups excluding carboxylic acids is 3. The Morgan fingerprint density at radius 1 is 1.15 bits per heavy atom. The standard InChI is InChI=1S/C15H19N3O8/c1-7(19)23-6-10-12(24-8(2)20)13(25-9(3)21)14(26-10)18-5-4-11(16)17-15(18)22/h4-5,10,12-14H,6H2,1-3H3,(H2,16,17,22)/t10-,12-,13-,14-/m1/s1/i16+1,17+1. The number of rotatable bonds is 5. The van der Waals surface area contributed by atoms with E-state index < -0.39 is 48.1 Å². The number of hydrogen-bond acceptors (Lipinski definition) is 10. The van der Waals surface area contributed by atoms with Gasteiger partial charge in [-0.2, -0.15) is 4.98 Å². The van der Waals surface area contributed by atoms with Gasteiger partial charge in [-0.15, -0.1) is 0 Å². The van der Waals surface area contributed by atoms with Gasteiger partial charge in [-0.25, -0.2) is 4.79 Å². The van der Waals surface area contributed by atoms with Gasteiger partial charge in [-0.1, -0.05) is 0 Å². The number of anilines is 1. The fourth-order valence-electron chi connectivity index (χ4n) is 2.54. The second kappa shape index (κ2) is 7.95. The highest BCUT2D eigenvalue weighted by atomic mass is 16.7. The lowest BCUT2D eigenvalue weighted by molar-refractivity contribution is -0.166. The average molecular weight is 371 g/mol. The van der Waals surface area contributed by atoms with Crippen molar-refractivity contribution in [3.05, 3.63) is 22.7 Å². The molecule has 1 saturated heterocycles. The summed E-state index contributed by atoms with van der Waals surface area (Å²) in [6, 6.07) is 1.36.